The lowest BCUT2D eigenvalue weighted by Crippen LogP contribution is -2.67. The first-order valence-electron chi connectivity index (χ1n) is 12.2. The van der Waals surface area contributed by atoms with E-state index < -0.39 is 0 Å². The van der Waals surface area contributed by atoms with Gasteiger partial charge in [0.15, 0.2) is 0 Å². The van der Waals surface area contributed by atoms with Crippen molar-refractivity contribution >= 4 is 16.7 Å². The average Bonchev–Trinajstić information content (AvgIpc) is 2.87. The Hall–Kier alpha value is -2.89. The van der Waals surface area contributed by atoms with Crippen LogP contribution in [0.5, 0.6) is 5.75 Å². The van der Waals surface area contributed by atoms with Gasteiger partial charge in [0.2, 0.25) is 0 Å². The number of methoxy groups -OCH3 is 1. The second-order valence-corrected chi connectivity index (χ2v) is 10.2. The summed E-state index contributed by atoms with van der Waals surface area (Å²) in [5.41, 5.74) is 1.21. The molecule has 3 aromatic rings. The number of hydrogen-bond donors (Lipinski definition) is 1. The molecule has 1 N–H and O–H groups in total. The molecule has 3 aromatic carbocycles. The predicted molar refractivity (Wildman–Crippen MR) is 135 cm³/mol. The van der Waals surface area contributed by atoms with Gasteiger partial charge in [-0.1, -0.05) is 42.5 Å². The first kappa shape index (κ1) is 22.9. The van der Waals surface area contributed by atoms with E-state index in [4.69, 9.17) is 4.74 Å². The quantitative estimate of drug-likeness (QED) is 0.609. The molecule has 0 spiro atoms. The number of hydrogen-bond acceptors (Lipinski definition) is 4. The summed E-state index contributed by atoms with van der Waals surface area (Å²) in [6, 6.07) is 21.8. The van der Waals surface area contributed by atoms with Crippen LogP contribution in [0, 0.1) is 0 Å². The Morgan fingerprint density at radius 1 is 1.06 bits per heavy atom. The number of aromatic hydroxyl groups is 1. The molecule has 5 rings (SSSR count). The lowest BCUT2D eigenvalue weighted by Gasteiger charge is -2.60. The second-order valence-electron chi connectivity index (χ2n) is 10.2. The van der Waals surface area contributed by atoms with Crippen LogP contribution in [0.25, 0.3) is 10.8 Å². The van der Waals surface area contributed by atoms with Crippen LogP contribution in [0.4, 0.5) is 0 Å². The van der Waals surface area contributed by atoms with Gasteiger partial charge in [-0.15, -0.1) is 0 Å². The highest BCUT2D eigenvalue weighted by Gasteiger charge is 2.59. The molecule has 0 radical (unpaired) electrons. The predicted octanol–water partition coefficient (Wildman–Crippen LogP) is 4.83. The third-order valence-corrected chi connectivity index (χ3v) is 8.44. The molecule has 5 heteroatoms. The average molecular weight is 459 g/mol. The molecule has 178 valence electrons. The number of fused-ring (bicyclic) bond motifs is 2. The number of piperidine rings is 1. The second kappa shape index (κ2) is 8.71. The van der Waals surface area contributed by atoms with Crippen LogP contribution >= 0.6 is 0 Å². The van der Waals surface area contributed by atoms with E-state index in [0.29, 0.717) is 0 Å². The molecule has 2 fully saturated rings. The van der Waals surface area contributed by atoms with Crippen molar-refractivity contribution in [3.63, 3.8) is 0 Å². The summed E-state index contributed by atoms with van der Waals surface area (Å²) in [7, 11) is 5.91. The molecule has 0 aromatic heterocycles. The number of likely N-dealkylation sites (tertiary alicyclic amines) is 1. The van der Waals surface area contributed by atoms with E-state index in [1.54, 1.807) is 6.07 Å². The summed E-state index contributed by atoms with van der Waals surface area (Å²) in [4.78, 5) is 17.9. The number of ether oxygens (including phenoxy) is 1. The third-order valence-electron chi connectivity index (χ3n) is 8.44. The number of phenols is 1. The van der Waals surface area contributed by atoms with Crippen LogP contribution in [-0.2, 0) is 10.2 Å². The van der Waals surface area contributed by atoms with Crippen LogP contribution in [0.3, 0.4) is 0 Å². The van der Waals surface area contributed by atoms with E-state index in [2.05, 4.69) is 30.1 Å². The lowest BCUT2D eigenvalue weighted by molar-refractivity contribution is -0.149. The van der Waals surface area contributed by atoms with Crippen molar-refractivity contribution in [2.24, 2.45) is 0 Å². The maximum Gasteiger partial charge on any atom is 0.253 e. The van der Waals surface area contributed by atoms with Crippen molar-refractivity contribution in [1.29, 1.82) is 0 Å². The monoisotopic (exact) mass is 458 g/mol. The summed E-state index contributed by atoms with van der Waals surface area (Å²) in [6.45, 7) is 1.80. The summed E-state index contributed by atoms with van der Waals surface area (Å²) < 4.78 is 6.35. The first-order valence-corrected chi connectivity index (χ1v) is 12.2. The normalized spacial score (nSPS) is 27.3. The molecule has 0 unspecified atom stereocenters. The standard InChI is InChI=1S/C29H34N2O3/c1-30-16-15-28(24-9-6-10-26(32)18-24)19-25(13-14-29(28,20-30)34-3)31(2)27(33)23-12-11-21-7-4-5-8-22(21)17-23/h4-12,17-18,25,32H,13-16,19-20H2,1-3H3/t25-,28-,29-/m0/s1. The SMILES string of the molecule is CO[C@]12CC[C@H](N(C)C(=O)c3ccc4ccccc4c3)C[C@]1(c1cccc(O)c1)CCN(C)C2. The minimum absolute atomic E-state index is 0.0552. The highest BCUT2D eigenvalue weighted by molar-refractivity contribution is 5.98. The van der Waals surface area contributed by atoms with Gasteiger partial charge in [0.1, 0.15) is 5.75 Å². The third kappa shape index (κ3) is 3.68. The smallest absolute Gasteiger partial charge is 0.253 e. The van der Waals surface area contributed by atoms with Crippen molar-refractivity contribution < 1.29 is 14.6 Å². The number of carbonyl (C=O) groups excluding carboxylic acids is 1. The Morgan fingerprint density at radius 2 is 1.85 bits per heavy atom. The number of nitrogens with zero attached hydrogens (tertiary/aromatic N) is 2. The van der Waals surface area contributed by atoms with Gasteiger partial charge in [-0.2, -0.15) is 0 Å². The van der Waals surface area contributed by atoms with Gasteiger partial charge < -0.3 is 19.6 Å². The Morgan fingerprint density at radius 3 is 2.62 bits per heavy atom. The maximum absolute atomic E-state index is 13.6. The van der Waals surface area contributed by atoms with Crippen molar-refractivity contribution in [2.75, 3.05) is 34.3 Å². The van der Waals surface area contributed by atoms with Gasteiger partial charge in [-0.25, -0.2) is 0 Å². The summed E-state index contributed by atoms with van der Waals surface area (Å²) in [5, 5.41) is 12.5. The zero-order valence-electron chi connectivity index (χ0n) is 20.3. The summed E-state index contributed by atoms with van der Waals surface area (Å²) >= 11 is 0. The van der Waals surface area contributed by atoms with Crippen molar-refractivity contribution in [3.05, 3.63) is 77.9 Å². The molecule has 1 aliphatic heterocycles. The largest absolute Gasteiger partial charge is 0.508 e. The fraction of sp³-hybridized carbons (Fsp3) is 0.414. The topological polar surface area (TPSA) is 53.0 Å². The van der Waals surface area contributed by atoms with Gasteiger partial charge in [-0.3, -0.25) is 4.79 Å². The molecule has 2 aliphatic rings. The number of benzene rings is 3. The van der Waals surface area contributed by atoms with Crippen molar-refractivity contribution in [1.82, 2.24) is 9.80 Å². The lowest BCUT2D eigenvalue weighted by atomic mass is 9.55. The highest BCUT2D eigenvalue weighted by Crippen LogP contribution is 2.54. The van der Waals surface area contributed by atoms with Crippen LogP contribution in [0.1, 0.15) is 41.6 Å². The van der Waals surface area contributed by atoms with Crippen LogP contribution in [0.15, 0.2) is 66.7 Å². The molecule has 1 heterocycles. The highest BCUT2D eigenvalue weighted by atomic mass is 16.5. The minimum Gasteiger partial charge on any atom is -0.508 e. The number of amides is 1. The number of carbonyl (C=O) groups is 1. The molecule has 1 saturated heterocycles. The minimum atomic E-state index is -0.350. The molecule has 0 bridgehead atoms. The molecule has 1 aliphatic carbocycles. The zero-order chi connectivity index (χ0) is 23.9. The molecular weight excluding hydrogens is 424 g/mol. The van der Waals surface area contributed by atoms with Crippen LogP contribution < -0.4 is 0 Å². The first-order chi connectivity index (χ1) is 16.4. The Bertz CT molecular complexity index is 1210. The molecular formula is C29H34N2O3. The zero-order valence-corrected chi connectivity index (χ0v) is 20.3. The molecule has 34 heavy (non-hydrogen) atoms. The fourth-order valence-electron chi connectivity index (χ4n) is 6.50. The fourth-order valence-corrected chi connectivity index (χ4v) is 6.50. The molecule has 3 atom stereocenters. The van der Waals surface area contributed by atoms with Gasteiger partial charge in [-0.05, 0) is 79.9 Å². The number of likely N-dealkylation sites (N-methyl/N-ethyl adjacent to an activating group) is 1. The Balaban J connectivity index is 1.49. The van der Waals surface area contributed by atoms with E-state index in [0.717, 1.165) is 60.7 Å². The molecule has 1 amide bonds. The van der Waals surface area contributed by atoms with Gasteiger partial charge in [0, 0.05) is 37.7 Å². The van der Waals surface area contributed by atoms with Crippen molar-refractivity contribution in [3.8, 4) is 5.75 Å². The van der Waals surface area contributed by atoms with Crippen LogP contribution in [-0.4, -0.2) is 66.8 Å². The van der Waals surface area contributed by atoms with Gasteiger partial charge in [0.25, 0.3) is 5.91 Å². The van der Waals surface area contributed by atoms with Crippen molar-refractivity contribution in [2.45, 2.75) is 42.7 Å². The summed E-state index contributed by atoms with van der Waals surface area (Å²) in [5.74, 6) is 0.332. The summed E-state index contributed by atoms with van der Waals surface area (Å²) in [6.07, 6.45) is 3.49. The van der Waals surface area contributed by atoms with Gasteiger partial charge in [0.05, 0.1) is 5.60 Å². The van der Waals surface area contributed by atoms with E-state index >= 15 is 0 Å². The van der Waals surface area contributed by atoms with E-state index in [1.807, 2.05) is 61.5 Å². The number of rotatable bonds is 4. The Labute approximate surface area is 201 Å². The Kier molecular flexibility index (Phi) is 5.86. The van der Waals surface area contributed by atoms with Crippen LogP contribution in [0.2, 0.25) is 0 Å². The maximum atomic E-state index is 13.6. The molecule has 1 saturated carbocycles. The number of phenolic OH excluding ortho intramolecular Hbond substituents is 1. The van der Waals surface area contributed by atoms with E-state index in [9.17, 15) is 9.90 Å². The van der Waals surface area contributed by atoms with E-state index in [-0.39, 0.29) is 28.7 Å². The molecule has 5 nitrogen and oxygen atoms in total. The van der Waals surface area contributed by atoms with Gasteiger partial charge >= 0.3 is 0 Å². The van der Waals surface area contributed by atoms with E-state index in [1.165, 1.54) is 0 Å².